The number of carboxylic acid groups (broad SMARTS) is 1. The summed E-state index contributed by atoms with van der Waals surface area (Å²) in [5.74, 6) is 0.699. The summed E-state index contributed by atoms with van der Waals surface area (Å²) in [5, 5.41) is 22.5. The fourth-order valence-corrected chi connectivity index (χ4v) is 4.72. The summed E-state index contributed by atoms with van der Waals surface area (Å²) < 4.78 is 1.44. The van der Waals surface area contributed by atoms with Crippen molar-refractivity contribution in [1.82, 2.24) is 9.38 Å². The molecule has 0 bridgehead atoms. The molecular formula is C24H23N5O3. The molecule has 8 nitrogen and oxygen atoms in total. The molecule has 3 atom stereocenters. The van der Waals surface area contributed by atoms with Crippen LogP contribution >= 0.6 is 0 Å². The van der Waals surface area contributed by atoms with Gasteiger partial charge < -0.3 is 15.3 Å². The largest absolute Gasteiger partial charge is 0.478 e. The van der Waals surface area contributed by atoms with Crippen LogP contribution in [0.1, 0.15) is 46.4 Å². The number of fused-ring (bicyclic) bond motifs is 2. The van der Waals surface area contributed by atoms with Gasteiger partial charge in [-0.15, -0.1) is 0 Å². The average molecular weight is 429 g/mol. The molecule has 5 rings (SSSR count). The van der Waals surface area contributed by atoms with Crippen LogP contribution in [-0.2, 0) is 0 Å². The first kappa shape index (κ1) is 20.1. The predicted octanol–water partition coefficient (Wildman–Crippen LogP) is 3.20. The van der Waals surface area contributed by atoms with Crippen molar-refractivity contribution in [3.05, 3.63) is 69.1 Å². The van der Waals surface area contributed by atoms with E-state index in [4.69, 9.17) is 4.98 Å². The molecule has 2 fully saturated rings. The highest BCUT2D eigenvalue weighted by Crippen LogP contribution is 2.46. The molecule has 1 aromatic carbocycles. The van der Waals surface area contributed by atoms with Gasteiger partial charge in [0, 0.05) is 30.5 Å². The lowest BCUT2D eigenvalue weighted by atomic mass is 10.1. The van der Waals surface area contributed by atoms with E-state index in [0.29, 0.717) is 29.0 Å². The van der Waals surface area contributed by atoms with Gasteiger partial charge in [0.2, 0.25) is 0 Å². The second-order valence-corrected chi connectivity index (χ2v) is 8.77. The van der Waals surface area contributed by atoms with Gasteiger partial charge in [0.1, 0.15) is 11.7 Å². The van der Waals surface area contributed by atoms with Crippen LogP contribution in [0.15, 0.2) is 41.3 Å². The Morgan fingerprint density at radius 1 is 1.31 bits per heavy atom. The number of benzene rings is 1. The van der Waals surface area contributed by atoms with Crippen LogP contribution in [0.25, 0.3) is 5.65 Å². The summed E-state index contributed by atoms with van der Waals surface area (Å²) in [4.78, 5) is 31.7. The third kappa shape index (κ3) is 3.26. The first-order chi connectivity index (χ1) is 15.4. The Morgan fingerprint density at radius 2 is 2.03 bits per heavy atom. The molecule has 0 radical (unpaired) electrons. The van der Waals surface area contributed by atoms with Crippen molar-refractivity contribution in [1.29, 1.82) is 5.26 Å². The number of aromatic carboxylic acids is 1. The molecule has 8 heteroatoms. The van der Waals surface area contributed by atoms with E-state index in [9.17, 15) is 20.0 Å². The van der Waals surface area contributed by atoms with Gasteiger partial charge in [-0.2, -0.15) is 5.26 Å². The topological polar surface area (TPSA) is 111 Å². The maximum absolute atomic E-state index is 13.2. The van der Waals surface area contributed by atoms with Crippen LogP contribution in [0.3, 0.4) is 0 Å². The summed E-state index contributed by atoms with van der Waals surface area (Å²) in [6.07, 6.45) is 2.90. The molecule has 0 spiro atoms. The Morgan fingerprint density at radius 3 is 2.72 bits per heavy atom. The van der Waals surface area contributed by atoms with Gasteiger partial charge in [0.05, 0.1) is 11.6 Å². The lowest BCUT2D eigenvalue weighted by molar-refractivity contribution is 0.0698. The molecule has 2 aliphatic rings. The number of pyridine rings is 1. The highest BCUT2D eigenvalue weighted by atomic mass is 16.4. The SMILES string of the molecule is Cc1cc(C(C)Nc2ccccc2C(=O)O)c2nc(N3CC4CC4C3)c(C#N)c(=O)n2c1. The van der Waals surface area contributed by atoms with Crippen LogP contribution in [0.5, 0.6) is 0 Å². The van der Waals surface area contributed by atoms with Crippen molar-refractivity contribution < 1.29 is 9.90 Å². The number of aryl methyl sites for hydroxylation is 1. The van der Waals surface area contributed by atoms with E-state index in [1.54, 1.807) is 30.5 Å². The van der Waals surface area contributed by atoms with E-state index in [-0.39, 0.29) is 22.7 Å². The molecular weight excluding hydrogens is 406 g/mol. The van der Waals surface area contributed by atoms with Gasteiger partial charge in [-0.25, -0.2) is 9.78 Å². The van der Waals surface area contributed by atoms with Crippen molar-refractivity contribution in [2.75, 3.05) is 23.3 Å². The smallest absolute Gasteiger partial charge is 0.337 e. The summed E-state index contributed by atoms with van der Waals surface area (Å²) >= 11 is 0. The van der Waals surface area contributed by atoms with Gasteiger partial charge in [-0.3, -0.25) is 9.20 Å². The van der Waals surface area contributed by atoms with E-state index >= 15 is 0 Å². The number of aromatic nitrogens is 2. The minimum absolute atomic E-state index is 0.0668. The number of rotatable bonds is 5. The summed E-state index contributed by atoms with van der Waals surface area (Å²) in [6.45, 7) is 5.43. The molecule has 32 heavy (non-hydrogen) atoms. The van der Waals surface area contributed by atoms with Crippen molar-refractivity contribution >= 4 is 23.1 Å². The van der Waals surface area contributed by atoms with E-state index in [1.807, 2.05) is 19.9 Å². The normalized spacial score (nSPS) is 20.0. The Balaban J connectivity index is 1.63. The number of nitrogens with zero attached hydrogens (tertiary/aromatic N) is 4. The molecule has 3 unspecified atom stereocenters. The third-order valence-corrected chi connectivity index (χ3v) is 6.46. The predicted molar refractivity (Wildman–Crippen MR) is 120 cm³/mol. The minimum atomic E-state index is -1.02. The van der Waals surface area contributed by atoms with E-state index in [2.05, 4.69) is 16.3 Å². The zero-order valence-corrected chi connectivity index (χ0v) is 17.9. The minimum Gasteiger partial charge on any atom is -0.478 e. The Labute approximate surface area is 184 Å². The standard InChI is InChI=1S/C24H23N5O3/c1-13-7-18(14(2)26-20-6-4-3-5-17(20)24(31)32)22-27-21(28-11-15-8-16(15)12-28)19(9-25)23(30)29(22)10-13/h3-7,10,14-16,26H,8,11-12H2,1-2H3,(H,31,32). The number of carbonyl (C=O) groups is 1. The zero-order chi connectivity index (χ0) is 22.6. The number of para-hydroxylation sites is 1. The molecule has 1 aliphatic heterocycles. The van der Waals surface area contributed by atoms with E-state index in [1.165, 1.54) is 10.8 Å². The van der Waals surface area contributed by atoms with Crippen LogP contribution in [0, 0.1) is 30.1 Å². The quantitative estimate of drug-likeness (QED) is 0.641. The lowest BCUT2D eigenvalue weighted by Crippen LogP contribution is -2.30. The van der Waals surface area contributed by atoms with Crippen molar-refractivity contribution in [3.8, 4) is 6.07 Å². The van der Waals surface area contributed by atoms with Gasteiger partial charge in [-0.1, -0.05) is 12.1 Å². The third-order valence-electron chi connectivity index (χ3n) is 6.46. The van der Waals surface area contributed by atoms with Gasteiger partial charge >= 0.3 is 5.97 Å². The number of hydrogen-bond donors (Lipinski definition) is 2. The van der Waals surface area contributed by atoms with Gasteiger partial charge in [0.15, 0.2) is 11.4 Å². The van der Waals surface area contributed by atoms with Crippen LogP contribution < -0.4 is 15.8 Å². The first-order valence-corrected chi connectivity index (χ1v) is 10.7. The Hall–Kier alpha value is -3.86. The zero-order valence-electron chi connectivity index (χ0n) is 17.9. The summed E-state index contributed by atoms with van der Waals surface area (Å²) in [7, 11) is 0. The fourth-order valence-electron chi connectivity index (χ4n) is 4.72. The molecule has 162 valence electrons. The van der Waals surface area contributed by atoms with Gasteiger partial charge in [-0.05, 0) is 55.9 Å². The molecule has 2 aromatic heterocycles. The molecule has 1 aliphatic carbocycles. The second kappa shape index (κ2) is 7.38. The first-order valence-electron chi connectivity index (χ1n) is 10.7. The Kier molecular flexibility index (Phi) is 4.63. The van der Waals surface area contributed by atoms with Crippen molar-refractivity contribution in [3.63, 3.8) is 0 Å². The molecule has 1 saturated carbocycles. The molecule has 1 saturated heterocycles. The van der Waals surface area contributed by atoms with Crippen LogP contribution in [0.2, 0.25) is 0 Å². The number of hydrogen-bond acceptors (Lipinski definition) is 6. The van der Waals surface area contributed by atoms with Gasteiger partial charge in [0.25, 0.3) is 5.56 Å². The van der Waals surface area contributed by atoms with Crippen LogP contribution in [-0.4, -0.2) is 33.6 Å². The fraction of sp³-hybridized carbons (Fsp3) is 0.333. The van der Waals surface area contributed by atoms with E-state index in [0.717, 1.165) is 24.2 Å². The van der Waals surface area contributed by atoms with E-state index < -0.39 is 5.97 Å². The Bertz CT molecular complexity index is 1350. The summed E-state index contributed by atoms with van der Waals surface area (Å²) in [5.41, 5.74) is 2.43. The number of anilines is 2. The molecule has 3 aromatic rings. The number of nitrogens with one attached hydrogen (secondary N) is 1. The van der Waals surface area contributed by atoms with Crippen LogP contribution in [0.4, 0.5) is 11.5 Å². The molecule has 3 heterocycles. The maximum atomic E-state index is 13.2. The number of piperidine rings is 1. The average Bonchev–Trinajstić information content (AvgIpc) is 3.38. The maximum Gasteiger partial charge on any atom is 0.337 e. The molecule has 2 N–H and O–H groups in total. The highest BCUT2D eigenvalue weighted by Gasteiger charge is 2.46. The molecule has 0 amide bonds. The number of nitriles is 1. The number of carboxylic acids is 1. The summed E-state index contributed by atoms with van der Waals surface area (Å²) in [6, 6.07) is 10.4. The van der Waals surface area contributed by atoms with Crippen molar-refractivity contribution in [2.45, 2.75) is 26.3 Å². The lowest BCUT2D eigenvalue weighted by Gasteiger charge is -2.23. The monoisotopic (exact) mass is 429 g/mol. The highest BCUT2D eigenvalue weighted by molar-refractivity contribution is 5.94. The van der Waals surface area contributed by atoms with Crippen molar-refractivity contribution in [2.24, 2.45) is 11.8 Å². The second-order valence-electron chi connectivity index (χ2n) is 8.77.